The van der Waals surface area contributed by atoms with Gasteiger partial charge in [-0.25, -0.2) is 0 Å². The minimum absolute atomic E-state index is 0.00961. The predicted octanol–water partition coefficient (Wildman–Crippen LogP) is 1.89. The van der Waals surface area contributed by atoms with E-state index in [1.165, 1.54) is 5.56 Å². The van der Waals surface area contributed by atoms with Crippen LogP contribution in [0.4, 0.5) is 11.4 Å². The lowest BCUT2D eigenvalue weighted by atomic mass is 9.96. The Morgan fingerprint density at radius 3 is 2.71 bits per heavy atom. The molecule has 0 bridgehead atoms. The highest BCUT2D eigenvalue weighted by molar-refractivity contribution is 6.05. The van der Waals surface area contributed by atoms with Crippen LogP contribution in [0.15, 0.2) is 18.2 Å². The number of nitrogens with two attached hydrogens (primary N) is 1. The highest BCUT2D eigenvalue weighted by Crippen LogP contribution is 2.33. The van der Waals surface area contributed by atoms with E-state index in [-0.39, 0.29) is 5.91 Å². The zero-order valence-electron chi connectivity index (χ0n) is 10.5. The molecule has 0 fully saturated rings. The van der Waals surface area contributed by atoms with Crippen molar-refractivity contribution in [2.24, 2.45) is 5.73 Å². The van der Waals surface area contributed by atoms with Crippen molar-refractivity contribution in [3.8, 4) is 0 Å². The van der Waals surface area contributed by atoms with Gasteiger partial charge in [-0.3, -0.25) is 4.79 Å². The minimum Gasteiger partial charge on any atom is -0.370 e. The van der Waals surface area contributed by atoms with Gasteiger partial charge in [0.2, 0.25) is 5.91 Å². The van der Waals surface area contributed by atoms with Gasteiger partial charge in [0.05, 0.1) is 11.4 Å². The molecule has 1 aliphatic heterocycles. The number of fused-ring (bicyclic) bond motifs is 1. The SMILES string of the molecule is CC(CN)c1ccc2c(c1)NC(C)(C)C(=O)N2. The van der Waals surface area contributed by atoms with E-state index < -0.39 is 5.54 Å². The molecule has 17 heavy (non-hydrogen) atoms. The first-order valence-corrected chi connectivity index (χ1v) is 5.87. The Bertz CT molecular complexity index is 454. The van der Waals surface area contributed by atoms with Crippen LogP contribution in [0.2, 0.25) is 0 Å². The average Bonchev–Trinajstić information content (AvgIpc) is 2.28. The lowest BCUT2D eigenvalue weighted by Crippen LogP contribution is -2.47. The summed E-state index contributed by atoms with van der Waals surface area (Å²) < 4.78 is 0. The van der Waals surface area contributed by atoms with Crippen LogP contribution < -0.4 is 16.4 Å². The summed E-state index contributed by atoms with van der Waals surface area (Å²) in [5, 5.41) is 6.15. The van der Waals surface area contributed by atoms with Gasteiger partial charge in [-0.2, -0.15) is 0 Å². The average molecular weight is 233 g/mol. The molecule has 0 radical (unpaired) electrons. The van der Waals surface area contributed by atoms with Crippen molar-refractivity contribution in [1.29, 1.82) is 0 Å². The molecular weight excluding hydrogens is 214 g/mol. The van der Waals surface area contributed by atoms with Crippen molar-refractivity contribution < 1.29 is 4.79 Å². The Balaban J connectivity index is 2.37. The van der Waals surface area contributed by atoms with Gasteiger partial charge in [0.25, 0.3) is 0 Å². The quantitative estimate of drug-likeness (QED) is 0.730. The molecule has 1 aromatic carbocycles. The molecule has 1 unspecified atom stereocenters. The summed E-state index contributed by atoms with van der Waals surface area (Å²) >= 11 is 0. The van der Waals surface area contributed by atoms with Crippen molar-refractivity contribution >= 4 is 17.3 Å². The van der Waals surface area contributed by atoms with Gasteiger partial charge in [0, 0.05) is 0 Å². The van der Waals surface area contributed by atoms with E-state index in [1.807, 2.05) is 26.0 Å². The number of carbonyl (C=O) groups excluding carboxylic acids is 1. The van der Waals surface area contributed by atoms with Crippen LogP contribution >= 0.6 is 0 Å². The number of hydrogen-bond donors (Lipinski definition) is 3. The predicted molar refractivity (Wildman–Crippen MR) is 70.2 cm³/mol. The third-order valence-corrected chi connectivity index (χ3v) is 3.23. The molecule has 4 N–H and O–H groups in total. The molecule has 1 heterocycles. The third kappa shape index (κ3) is 2.13. The van der Waals surface area contributed by atoms with Crippen LogP contribution in [-0.4, -0.2) is 18.0 Å². The molecule has 2 rings (SSSR count). The van der Waals surface area contributed by atoms with Crippen molar-refractivity contribution in [2.45, 2.75) is 32.2 Å². The molecule has 0 saturated heterocycles. The van der Waals surface area contributed by atoms with Crippen LogP contribution in [0.1, 0.15) is 32.3 Å². The van der Waals surface area contributed by atoms with Crippen molar-refractivity contribution in [1.82, 2.24) is 0 Å². The van der Waals surface area contributed by atoms with Crippen LogP contribution in [0.3, 0.4) is 0 Å². The Hall–Kier alpha value is -1.55. The molecule has 1 aromatic rings. The number of anilines is 2. The third-order valence-electron chi connectivity index (χ3n) is 3.23. The van der Waals surface area contributed by atoms with Gasteiger partial charge in [-0.15, -0.1) is 0 Å². The topological polar surface area (TPSA) is 67.1 Å². The zero-order valence-corrected chi connectivity index (χ0v) is 10.5. The smallest absolute Gasteiger partial charge is 0.249 e. The van der Waals surface area contributed by atoms with E-state index in [9.17, 15) is 4.79 Å². The summed E-state index contributed by atoms with van der Waals surface area (Å²) in [4.78, 5) is 11.8. The summed E-state index contributed by atoms with van der Waals surface area (Å²) in [5.74, 6) is 0.312. The van der Waals surface area contributed by atoms with E-state index in [4.69, 9.17) is 5.73 Å². The monoisotopic (exact) mass is 233 g/mol. The number of rotatable bonds is 2. The maximum Gasteiger partial charge on any atom is 0.249 e. The Morgan fingerprint density at radius 1 is 1.35 bits per heavy atom. The van der Waals surface area contributed by atoms with Crippen molar-refractivity contribution in [3.05, 3.63) is 23.8 Å². The first-order valence-electron chi connectivity index (χ1n) is 5.87. The Morgan fingerprint density at radius 2 is 2.06 bits per heavy atom. The molecule has 0 aliphatic carbocycles. The number of nitrogens with one attached hydrogen (secondary N) is 2. The molecule has 0 spiro atoms. The fourth-order valence-electron chi connectivity index (χ4n) is 1.89. The first-order chi connectivity index (χ1) is 7.94. The fourth-order valence-corrected chi connectivity index (χ4v) is 1.89. The van der Waals surface area contributed by atoms with Gasteiger partial charge in [-0.05, 0) is 44.0 Å². The number of amides is 1. The van der Waals surface area contributed by atoms with Gasteiger partial charge in [-0.1, -0.05) is 13.0 Å². The standard InChI is InChI=1S/C13H19N3O/c1-8(7-14)9-4-5-10-11(6-9)16-13(2,3)12(17)15-10/h4-6,8,16H,7,14H2,1-3H3,(H,15,17). The molecule has 0 saturated carbocycles. The lowest BCUT2D eigenvalue weighted by Gasteiger charge is -2.33. The maximum atomic E-state index is 11.8. The molecule has 1 aliphatic rings. The molecular formula is C13H19N3O. The second-order valence-corrected chi connectivity index (χ2v) is 5.15. The summed E-state index contributed by atoms with van der Waals surface area (Å²) in [6.07, 6.45) is 0. The summed E-state index contributed by atoms with van der Waals surface area (Å²) in [6.45, 7) is 6.44. The Kier molecular flexibility index (Phi) is 2.83. The van der Waals surface area contributed by atoms with Crippen molar-refractivity contribution in [2.75, 3.05) is 17.2 Å². The second-order valence-electron chi connectivity index (χ2n) is 5.15. The lowest BCUT2D eigenvalue weighted by molar-refractivity contribution is -0.119. The largest absolute Gasteiger partial charge is 0.370 e. The Labute approximate surface area is 102 Å². The fraction of sp³-hybridized carbons (Fsp3) is 0.462. The molecule has 92 valence electrons. The summed E-state index contributed by atoms with van der Waals surface area (Å²) in [5.41, 5.74) is 8.08. The summed E-state index contributed by atoms with van der Waals surface area (Å²) in [6, 6.07) is 6.00. The molecule has 1 amide bonds. The first kappa shape index (κ1) is 11.9. The van der Waals surface area contributed by atoms with Crippen LogP contribution in [0.5, 0.6) is 0 Å². The maximum absolute atomic E-state index is 11.8. The van der Waals surface area contributed by atoms with Gasteiger partial charge in [0.15, 0.2) is 0 Å². The molecule has 1 atom stereocenters. The second kappa shape index (κ2) is 4.04. The van der Waals surface area contributed by atoms with E-state index in [0.717, 1.165) is 11.4 Å². The van der Waals surface area contributed by atoms with E-state index in [2.05, 4.69) is 23.6 Å². The minimum atomic E-state index is -0.572. The van der Waals surface area contributed by atoms with E-state index >= 15 is 0 Å². The van der Waals surface area contributed by atoms with Crippen LogP contribution in [0.25, 0.3) is 0 Å². The van der Waals surface area contributed by atoms with E-state index in [0.29, 0.717) is 12.5 Å². The molecule has 4 nitrogen and oxygen atoms in total. The van der Waals surface area contributed by atoms with Crippen LogP contribution in [0, 0.1) is 0 Å². The van der Waals surface area contributed by atoms with Gasteiger partial charge < -0.3 is 16.4 Å². The van der Waals surface area contributed by atoms with Crippen LogP contribution in [-0.2, 0) is 4.79 Å². The summed E-state index contributed by atoms with van der Waals surface area (Å²) in [7, 11) is 0. The van der Waals surface area contributed by atoms with Gasteiger partial charge >= 0.3 is 0 Å². The highest BCUT2D eigenvalue weighted by atomic mass is 16.2. The van der Waals surface area contributed by atoms with Gasteiger partial charge in [0.1, 0.15) is 5.54 Å². The van der Waals surface area contributed by atoms with Crippen molar-refractivity contribution in [3.63, 3.8) is 0 Å². The number of hydrogen-bond acceptors (Lipinski definition) is 3. The van der Waals surface area contributed by atoms with E-state index in [1.54, 1.807) is 0 Å². The molecule has 4 heteroatoms. The zero-order chi connectivity index (χ0) is 12.6. The number of benzene rings is 1. The normalized spacial score (nSPS) is 18.9. The highest BCUT2D eigenvalue weighted by Gasteiger charge is 2.32. The number of carbonyl (C=O) groups is 1. The molecule has 0 aromatic heterocycles.